The molecule has 1 aromatic carbocycles. The first kappa shape index (κ1) is 16.0. The van der Waals surface area contributed by atoms with Crippen LogP contribution < -0.4 is 5.73 Å². The van der Waals surface area contributed by atoms with E-state index in [4.69, 9.17) is 10.5 Å². The van der Waals surface area contributed by atoms with Gasteiger partial charge in [0.15, 0.2) is 0 Å². The molecule has 0 saturated carbocycles. The average molecular weight is 290 g/mol. The Morgan fingerprint density at radius 3 is 2.57 bits per heavy atom. The van der Waals surface area contributed by atoms with Crippen LogP contribution in [0, 0.1) is 11.8 Å². The molecule has 0 radical (unpaired) electrons. The minimum Gasteiger partial charge on any atom is -0.381 e. The van der Waals surface area contributed by atoms with Gasteiger partial charge in [-0.3, -0.25) is 4.79 Å². The minimum atomic E-state index is -0.254. The lowest BCUT2D eigenvalue weighted by Crippen LogP contribution is -2.40. The van der Waals surface area contributed by atoms with Crippen LogP contribution in [0.25, 0.3) is 0 Å². The molecule has 2 atom stereocenters. The maximum atomic E-state index is 12.5. The van der Waals surface area contributed by atoms with Crippen molar-refractivity contribution in [2.75, 3.05) is 26.8 Å². The van der Waals surface area contributed by atoms with Gasteiger partial charge in [0.25, 0.3) is 0 Å². The van der Waals surface area contributed by atoms with E-state index < -0.39 is 0 Å². The molecule has 116 valence electrons. The Bertz CT molecular complexity index is 443. The van der Waals surface area contributed by atoms with E-state index in [1.165, 1.54) is 0 Å². The van der Waals surface area contributed by atoms with Gasteiger partial charge in [-0.05, 0) is 24.3 Å². The standard InChI is InChI=1S/C17H26N2O2/c1-13(16(18)15-6-4-3-5-7-15)17(20)19(2)12-14-8-10-21-11-9-14/h3-7,13-14,16H,8-12,18H2,1-2H3. The molecule has 1 aliphatic rings. The van der Waals surface area contributed by atoms with Gasteiger partial charge in [-0.15, -0.1) is 0 Å². The monoisotopic (exact) mass is 290 g/mol. The van der Waals surface area contributed by atoms with Crippen molar-refractivity contribution in [2.24, 2.45) is 17.6 Å². The van der Waals surface area contributed by atoms with Gasteiger partial charge in [-0.2, -0.15) is 0 Å². The third-order valence-corrected chi connectivity index (χ3v) is 4.36. The summed E-state index contributed by atoms with van der Waals surface area (Å²) in [6, 6.07) is 9.58. The van der Waals surface area contributed by atoms with Crippen LogP contribution in [-0.4, -0.2) is 37.6 Å². The maximum absolute atomic E-state index is 12.5. The molecule has 1 heterocycles. The number of carbonyl (C=O) groups excluding carboxylic acids is 1. The van der Waals surface area contributed by atoms with Crippen LogP contribution in [0.3, 0.4) is 0 Å². The molecular formula is C17H26N2O2. The Hall–Kier alpha value is -1.39. The van der Waals surface area contributed by atoms with Crippen LogP contribution >= 0.6 is 0 Å². The summed E-state index contributed by atoms with van der Waals surface area (Å²) >= 11 is 0. The highest BCUT2D eigenvalue weighted by Gasteiger charge is 2.26. The van der Waals surface area contributed by atoms with Crippen molar-refractivity contribution in [3.63, 3.8) is 0 Å². The first-order valence-electron chi connectivity index (χ1n) is 7.73. The number of benzene rings is 1. The zero-order valence-electron chi connectivity index (χ0n) is 13.0. The van der Waals surface area contributed by atoms with Gasteiger partial charge in [0.05, 0.1) is 5.92 Å². The average Bonchev–Trinajstić information content (AvgIpc) is 2.54. The van der Waals surface area contributed by atoms with E-state index in [9.17, 15) is 4.79 Å². The second-order valence-electron chi connectivity index (χ2n) is 6.00. The fraction of sp³-hybridized carbons (Fsp3) is 0.588. The summed E-state index contributed by atoms with van der Waals surface area (Å²) in [6.07, 6.45) is 2.08. The summed E-state index contributed by atoms with van der Waals surface area (Å²) in [4.78, 5) is 14.4. The molecule has 2 unspecified atom stereocenters. The number of amides is 1. The third kappa shape index (κ3) is 4.29. The number of rotatable bonds is 5. The van der Waals surface area contributed by atoms with Crippen LogP contribution in [0.1, 0.15) is 31.4 Å². The van der Waals surface area contributed by atoms with Crippen molar-refractivity contribution in [2.45, 2.75) is 25.8 Å². The van der Waals surface area contributed by atoms with Gasteiger partial charge >= 0.3 is 0 Å². The molecule has 1 amide bonds. The summed E-state index contributed by atoms with van der Waals surface area (Å²) in [7, 11) is 1.88. The Labute approximate surface area is 127 Å². The second kappa shape index (κ2) is 7.57. The fourth-order valence-corrected chi connectivity index (χ4v) is 2.87. The van der Waals surface area contributed by atoms with Gasteiger partial charge in [0.1, 0.15) is 0 Å². The third-order valence-electron chi connectivity index (χ3n) is 4.36. The molecule has 2 rings (SSSR count). The Kier molecular flexibility index (Phi) is 5.76. The molecule has 0 spiro atoms. The van der Waals surface area contributed by atoms with Gasteiger partial charge in [-0.25, -0.2) is 0 Å². The van der Waals surface area contributed by atoms with Crippen LogP contribution in [0.15, 0.2) is 30.3 Å². The predicted octanol–water partition coefficient (Wildman–Crippen LogP) is 2.21. The molecule has 1 fully saturated rings. The second-order valence-corrected chi connectivity index (χ2v) is 6.00. The summed E-state index contributed by atoms with van der Waals surface area (Å²) in [5.41, 5.74) is 7.25. The van der Waals surface area contributed by atoms with Gasteiger partial charge in [0, 0.05) is 32.8 Å². The van der Waals surface area contributed by atoms with Gasteiger partial charge in [-0.1, -0.05) is 37.3 Å². The number of ether oxygens (including phenoxy) is 1. The van der Waals surface area contributed by atoms with Crippen molar-refractivity contribution in [1.29, 1.82) is 0 Å². The van der Waals surface area contributed by atoms with Crippen LogP contribution in [0.4, 0.5) is 0 Å². The highest BCUT2D eigenvalue weighted by molar-refractivity contribution is 5.79. The molecule has 1 aromatic rings. The smallest absolute Gasteiger partial charge is 0.227 e. The minimum absolute atomic E-state index is 0.123. The molecular weight excluding hydrogens is 264 g/mol. The summed E-state index contributed by atoms with van der Waals surface area (Å²) in [6.45, 7) is 4.34. The molecule has 0 bridgehead atoms. The van der Waals surface area contributed by atoms with Crippen molar-refractivity contribution in [3.8, 4) is 0 Å². The van der Waals surface area contributed by atoms with E-state index in [1.54, 1.807) is 0 Å². The Balaban J connectivity index is 1.91. The lowest BCUT2D eigenvalue weighted by molar-refractivity contribution is -0.135. The quantitative estimate of drug-likeness (QED) is 0.904. The lowest BCUT2D eigenvalue weighted by Gasteiger charge is -2.30. The number of nitrogens with zero attached hydrogens (tertiary/aromatic N) is 1. The topological polar surface area (TPSA) is 55.6 Å². The lowest BCUT2D eigenvalue weighted by atomic mass is 9.93. The Morgan fingerprint density at radius 2 is 1.95 bits per heavy atom. The van der Waals surface area contributed by atoms with Crippen molar-refractivity contribution < 1.29 is 9.53 Å². The van der Waals surface area contributed by atoms with E-state index in [0.717, 1.165) is 38.2 Å². The number of hydrogen-bond acceptors (Lipinski definition) is 3. The predicted molar refractivity (Wildman–Crippen MR) is 83.7 cm³/mol. The highest BCUT2D eigenvalue weighted by Crippen LogP contribution is 2.22. The number of carbonyl (C=O) groups is 1. The summed E-state index contributed by atoms with van der Waals surface area (Å²) in [5.74, 6) is 0.461. The van der Waals surface area contributed by atoms with Crippen molar-refractivity contribution in [3.05, 3.63) is 35.9 Å². The first-order chi connectivity index (χ1) is 10.1. The highest BCUT2D eigenvalue weighted by atomic mass is 16.5. The zero-order valence-corrected chi connectivity index (χ0v) is 13.0. The van der Waals surface area contributed by atoms with E-state index in [2.05, 4.69) is 0 Å². The van der Waals surface area contributed by atoms with E-state index in [-0.39, 0.29) is 17.9 Å². The van der Waals surface area contributed by atoms with E-state index in [1.807, 2.05) is 49.2 Å². The molecule has 4 nitrogen and oxygen atoms in total. The van der Waals surface area contributed by atoms with Crippen LogP contribution in [0.5, 0.6) is 0 Å². The molecule has 0 aromatic heterocycles. The van der Waals surface area contributed by atoms with Crippen LogP contribution in [-0.2, 0) is 9.53 Å². The number of nitrogens with two attached hydrogens (primary N) is 1. The van der Waals surface area contributed by atoms with Gasteiger partial charge in [0.2, 0.25) is 5.91 Å². The van der Waals surface area contributed by atoms with E-state index in [0.29, 0.717) is 5.92 Å². The number of hydrogen-bond donors (Lipinski definition) is 1. The normalized spacial score (nSPS) is 19.0. The molecule has 0 aliphatic carbocycles. The molecule has 1 saturated heterocycles. The maximum Gasteiger partial charge on any atom is 0.227 e. The van der Waals surface area contributed by atoms with E-state index >= 15 is 0 Å². The molecule has 4 heteroatoms. The summed E-state index contributed by atoms with van der Waals surface area (Å²) < 4.78 is 5.36. The van der Waals surface area contributed by atoms with Crippen molar-refractivity contribution in [1.82, 2.24) is 4.90 Å². The molecule has 21 heavy (non-hydrogen) atoms. The van der Waals surface area contributed by atoms with Crippen LogP contribution in [0.2, 0.25) is 0 Å². The largest absolute Gasteiger partial charge is 0.381 e. The fourth-order valence-electron chi connectivity index (χ4n) is 2.87. The van der Waals surface area contributed by atoms with Crippen molar-refractivity contribution >= 4 is 5.91 Å². The summed E-state index contributed by atoms with van der Waals surface area (Å²) in [5, 5.41) is 0. The molecule has 1 aliphatic heterocycles. The Morgan fingerprint density at radius 1 is 1.33 bits per heavy atom. The SMILES string of the molecule is CC(C(=O)N(C)CC1CCOCC1)C(N)c1ccccc1. The zero-order chi connectivity index (χ0) is 15.2. The first-order valence-corrected chi connectivity index (χ1v) is 7.73. The molecule has 2 N–H and O–H groups in total. The van der Waals surface area contributed by atoms with Gasteiger partial charge < -0.3 is 15.4 Å².